The van der Waals surface area contributed by atoms with Crippen LogP contribution in [0.2, 0.25) is 10.0 Å². The molecule has 2 N–H and O–H groups in total. The minimum absolute atomic E-state index is 0.215. The van der Waals surface area contributed by atoms with E-state index in [1.165, 1.54) is 17.6 Å². The summed E-state index contributed by atoms with van der Waals surface area (Å²) >= 11 is 13.4. The monoisotopic (exact) mass is 573 g/mol. The first-order valence-corrected chi connectivity index (χ1v) is 13.6. The van der Waals surface area contributed by atoms with Gasteiger partial charge < -0.3 is 14.8 Å². The van der Waals surface area contributed by atoms with E-state index >= 15 is 0 Å². The van der Waals surface area contributed by atoms with Crippen LogP contribution in [-0.4, -0.2) is 30.6 Å². The average molecular weight is 574 g/mol. The van der Waals surface area contributed by atoms with Crippen LogP contribution in [0.5, 0.6) is 5.75 Å². The Morgan fingerprint density at radius 3 is 2.68 bits per heavy atom. The highest BCUT2D eigenvalue weighted by Gasteiger charge is 2.28. The predicted molar refractivity (Wildman–Crippen MR) is 149 cm³/mol. The zero-order valence-corrected chi connectivity index (χ0v) is 22.8. The molecular weight excluding hydrogens is 549 g/mol. The molecule has 8 nitrogen and oxygen atoms in total. The number of fused-ring (bicyclic) bond motifs is 1. The lowest BCUT2D eigenvalue weighted by Crippen LogP contribution is -2.32. The zero-order chi connectivity index (χ0) is 27.1. The summed E-state index contributed by atoms with van der Waals surface area (Å²) in [5.74, 6) is -1.83. The van der Waals surface area contributed by atoms with Crippen LogP contribution in [0.4, 0.5) is 5.00 Å². The van der Waals surface area contributed by atoms with E-state index in [9.17, 15) is 14.4 Å². The van der Waals surface area contributed by atoms with Crippen molar-refractivity contribution in [3.63, 3.8) is 0 Å². The molecular formula is C27H25Cl2N3O5S. The highest BCUT2D eigenvalue weighted by Crippen LogP contribution is 2.38. The normalized spacial score (nSPS) is 12.6. The fraction of sp³-hybridized carbons (Fsp3) is 0.259. The number of rotatable bonds is 8. The van der Waals surface area contributed by atoms with Crippen LogP contribution >= 0.6 is 34.5 Å². The van der Waals surface area contributed by atoms with Crippen LogP contribution in [-0.2, 0) is 33.8 Å². The van der Waals surface area contributed by atoms with Crippen LogP contribution in [0.15, 0.2) is 47.6 Å². The lowest BCUT2D eigenvalue weighted by Gasteiger charge is -2.12. The van der Waals surface area contributed by atoms with Crippen LogP contribution in [0.25, 0.3) is 0 Å². The third-order valence-corrected chi connectivity index (χ3v) is 7.53. The molecule has 0 bridgehead atoms. The second-order valence-electron chi connectivity index (χ2n) is 8.39. The first kappa shape index (κ1) is 27.6. The summed E-state index contributed by atoms with van der Waals surface area (Å²) in [5.41, 5.74) is 4.87. The summed E-state index contributed by atoms with van der Waals surface area (Å²) < 4.78 is 11.0. The van der Waals surface area contributed by atoms with Gasteiger partial charge in [-0.3, -0.25) is 9.59 Å². The Morgan fingerprint density at radius 1 is 1.08 bits per heavy atom. The molecule has 3 aromatic rings. The molecule has 1 aliphatic rings. The number of ether oxygens (including phenoxy) is 2. The van der Waals surface area contributed by atoms with Crippen LogP contribution < -0.4 is 15.5 Å². The van der Waals surface area contributed by atoms with Gasteiger partial charge in [-0.2, -0.15) is 5.10 Å². The second-order valence-corrected chi connectivity index (χ2v) is 10.3. The lowest BCUT2D eigenvalue weighted by atomic mass is 9.95. The fourth-order valence-corrected chi connectivity index (χ4v) is 5.67. The number of hydrogen-bond acceptors (Lipinski definition) is 7. The summed E-state index contributed by atoms with van der Waals surface area (Å²) in [4.78, 5) is 38.5. The second kappa shape index (κ2) is 12.9. The number of carbonyl (C=O) groups is 3. The SMILES string of the molecule is CCOC(=O)c1c(NC(=O)C(=O)N/N=C/c2cccc(OCc3ccc(Cl)cc3Cl)c2)sc2c1CCCC2. The molecule has 38 heavy (non-hydrogen) atoms. The van der Waals surface area contributed by atoms with Gasteiger partial charge in [-0.15, -0.1) is 11.3 Å². The van der Waals surface area contributed by atoms with Crippen molar-refractivity contribution in [1.29, 1.82) is 0 Å². The number of hydrazone groups is 1. The van der Waals surface area contributed by atoms with E-state index in [4.69, 9.17) is 32.7 Å². The number of amides is 2. The van der Waals surface area contributed by atoms with Gasteiger partial charge in [-0.1, -0.05) is 41.4 Å². The Bertz CT molecular complexity index is 1390. The molecule has 0 unspecified atom stereocenters. The number of aryl methyl sites for hydroxylation is 1. The highest BCUT2D eigenvalue weighted by atomic mass is 35.5. The molecule has 1 aliphatic carbocycles. The summed E-state index contributed by atoms with van der Waals surface area (Å²) in [5, 5.41) is 7.81. The number of benzene rings is 2. The number of nitrogens with one attached hydrogen (secondary N) is 2. The van der Waals surface area contributed by atoms with Crippen molar-refractivity contribution in [2.45, 2.75) is 39.2 Å². The van der Waals surface area contributed by atoms with Crippen molar-refractivity contribution in [2.24, 2.45) is 5.10 Å². The van der Waals surface area contributed by atoms with Gasteiger partial charge in [0.1, 0.15) is 17.4 Å². The first-order chi connectivity index (χ1) is 18.4. The summed E-state index contributed by atoms with van der Waals surface area (Å²) in [6.07, 6.45) is 4.93. The number of anilines is 1. The molecule has 11 heteroatoms. The van der Waals surface area contributed by atoms with Gasteiger partial charge in [0.25, 0.3) is 0 Å². The molecule has 0 radical (unpaired) electrons. The van der Waals surface area contributed by atoms with Crippen molar-refractivity contribution < 1.29 is 23.9 Å². The third-order valence-electron chi connectivity index (χ3n) is 5.73. The van der Waals surface area contributed by atoms with E-state index < -0.39 is 17.8 Å². The Hall–Kier alpha value is -3.40. The van der Waals surface area contributed by atoms with Gasteiger partial charge in [0.15, 0.2) is 0 Å². The van der Waals surface area contributed by atoms with Gasteiger partial charge in [0.05, 0.1) is 18.4 Å². The molecule has 4 rings (SSSR count). The smallest absolute Gasteiger partial charge is 0.341 e. The number of nitrogens with zero attached hydrogens (tertiary/aromatic N) is 1. The largest absolute Gasteiger partial charge is 0.489 e. The predicted octanol–water partition coefficient (Wildman–Crippen LogP) is 5.78. The zero-order valence-electron chi connectivity index (χ0n) is 20.5. The average Bonchev–Trinajstić information content (AvgIpc) is 3.26. The number of carbonyl (C=O) groups excluding carboxylic acids is 3. The fourth-order valence-electron chi connectivity index (χ4n) is 3.93. The summed E-state index contributed by atoms with van der Waals surface area (Å²) in [6.45, 7) is 2.18. The topological polar surface area (TPSA) is 106 Å². The number of thiophene rings is 1. The molecule has 0 spiro atoms. The number of hydrogen-bond donors (Lipinski definition) is 2. The van der Waals surface area contributed by atoms with Gasteiger partial charge in [0, 0.05) is 20.5 Å². The van der Waals surface area contributed by atoms with E-state index in [0.29, 0.717) is 31.9 Å². The minimum atomic E-state index is -0.966. The van der Waals surface area contributed by atoms with E-state index in [0.717, 1.165) is 41.7 Å². The molecule has 0 atom stereocenters. The standard InChI is InChI=1S/C27H25Cl2N3O5S/c1-2-36-27(35)23-20-8-3-4-9-22(20)38-26(23)31-24(33)25(34)32-30-14-16-6-5-7-19(12-16)37-15-17-10-11-18(28)13-21(17)29/h5-7,10-14H,2-4,8-9,15H2,1H3,(H,31,33)(H,32,34)/b30-14+. The quantitative estimate of drug-likeness (QED) is 0.154. The molecule has 0 aliphatic heterocycles. The first-order valence-electron chi connectivity index (χ1n) is 12.0. The maximum atomic E-state index is 12.6. The van der Waals surface area contributed by atoms with E-state index in [2.05, 4.69) is 15.8 Å². The Balaban J connectivity index is 1.36. The molecule has 0 saturated heterocycles. The van der Waals surface area contributed by atoms with E-state index in [-0.39, 0.29) is 13.2 Å². The van der Waals surface area contributed by atoms with Gasteiger partial charge >= 0.3 is 17.8 Å². The molecule has 0 fully saturated rings. The lowest BCUT2D eigenvalue weighted by molar-refractivity contribution is -0.136. The molecule has 0 saturated carbocycles. The molecule has 1 heterocycles. The number of halogens is 2. The third kappa shape index (κ3) is 6.92. The van der Waals surface area contributed by atoms with Crippen LogP contribution in [0.1, 0.15) is 51.7 Å². The minimum Gasteiger partial charge on any atom is -0.489 e. The van der Waals surface area contributed by atoms with E-state index in [1.807, 2.05) is 0 Å². The molecule has 198 valence electrons. The molecule has 1 aromatic heterocycles. The van der Waals surface area contributed by atoms with Crippen molar-refractivity contribution >= 4 is 63.5 Å². The Labute approximate surface area is 233 Å². The van der Waals surface area contributed by atoms with Gasteiger partial charge in [-0.25, -0.2) is 10.2 Å². The maximum Gasteiger partial charge on any atom is 0.341 e. The van der Waals surface area contributed by atoms with Crippen LogP contribution in [0, 0.1) is 0 Å². The Morgan fingerprint density at radius 2 is 1.89 bits per heavy atom. The van der Waals surface area contributed by atoms with E-state index in [1.54, 1.807) is 49.4 Å². The number of esters is 1. The highest BCUT2D eigenvalue weighted by molar-refractivity contribution is 7.17. The summed E-state index contributed by atoms with van der Waals surface area (Å²) in [6, 6.07) is 12.2. The van der Waals surface area contributed by atoms with Crippen molar-refractivity contribution in [2.75, 3.05) is 11.9 Å². The summed E-state index contributed by atoms with van der Waals surface area (Å²) in [7, 11) is 0. The van der Waals surface area contributed by atoms with Gasteiger partial charge in [0.2, 0.25) is 0 Å². The van der Waals surface area contributed by atoms with Crippen LogP contribution in [0.3, 0.4) is 0 Å². The van der Waals surface area contributed by atoms with Gasteiger partial charge in [-0.05, 0) is 68.0 Å². The Kier molecular flexibility index (Phi) is 9.38. The maximum absolute atomic E-state index is 12.6. The van der Waals surface area contributed by atoms with Crippen molar-refractivity contribution in [3.8, 4) is 5.75 Å². The van der Waals surface area contributed by atoms with Crippen molar-refractivity contribution in [3.05, 3.63) is 79.6 Å². The molecule has 2 amide bonds. The van der Waals surface area contributed by atoms with Crippen molar-refractivity contribution in [1.82, 2.24) is 5.43 Å². The molecule has 2 aromatic carbocycles.